The summed E-state index contributed by atoms with van der Waals surface area (Å²) < 4.78 is 39.4. The van der Waals surface area contributed by atoms with Gasteiger partial charge in [0, 0.05) is 18.5 Å². The topological polar surface area (TPSA) is 20.3 Å². The van der Waals surface area contributed by atoms with Gasteiger partial charge >= 0.3 is 6.18 Å². The fraction of sp³-hybridized carbons (Fsp3) is 0.611. The number of piperidine rings is 1. The number of likely N-dealkylation sites (tertiary alicyclic amines) is 1. The molecule has 2 fully saturated rings. The van der Waals surface area contributed by atoms with Crippen molar-refractivity contribution < 1.29 is 18.0 Å². The number of halogens is 3. The Morgan fingerprint density at radius 1 is 1.26 bits per heavy atom. The first-order chi connectivity index (χ1) is 10.9. The zero-order valence-corrected chi connectivity index (χ0v) is 13.3. The van der Waals surface area contributed by atoms with Gasteiger partial charge in [0.05, 0.1) is 5.56 Å². The second-order valence-corrected chi connectivity index (χ2v) is 6.62. The Morgan fingerprint density at radius 2 is 2.00 bits per heavy atom. The van der Waals surface area contributed by atoms with E-state index in [4.69, 9.17) is 0 Å². The monoisotopic (exact) mass is 325 g/mol. The lowest BCUT2D eigenvalue weighted by atomic mass is 9.98. The Hall–Kier alpha value is -1.52. The lowest BCUT2D eigenvalue weighted by Gasteiger charge is -2.35. The summed E-state index contributed by atoms with van der Waals surface area (Å²) in [5, 5.41) is 0. The number of benzene rings is 1. The Morgan fingerprint density at radius 3 is 2.70 bits per heavy atom. The number of hydrogen-bond donors (Lipinski definition) is 0. The van der Waals surface area contributed by atoms with Crippen molar-refractivity contribution in [3.05, 3.63) is 35.4 Å². The SMILES string of the molecule is CCC1CCCCN1C(=O)C1CC1c1ccccc1C(F)(F)F. The van der Waals surface area contributed by atoms with E-state index >= 15 is 0 Å². The molecule has 0 N–H and O–H groups in total. The van der Waals surface area contributed by atoms with Crippen LogP contribution in [0.3, 0.4) is 0 Å². The van der Waals surface area contributed by atoms with E-state index in [-0.39, 0.29) is 29.3 Å². The number of rotatable bonds is 3. The van der Waals surface area contributed by atoms with Gasteiger partial charge in [-0.2, -0.15) is 13.2 Å². The molecule has 1 amide bonds. The van der Waals surface area contributed by atoms with Crippen LogP contribution in [0.15, 0.2) is 24.3 Å². The van der Waals surface area contributed by atoms with Gasteiger partial charge in [0.15, 0.2) is 0 Å². The highest BCUT2D eigenvalue weighted by Gasteiger charge is 2.49. The van der Waals surface area contributed by atoms with Crippen LogP contribution in [0.5, 0.6) is 0 Å². The molecule has 2 aliphatic rings. The van der Waals surface area contributed by atoms with Crippen LogP contribution in [0.25, 0.3) is 0 Å². The predicted molar refractivity (Wildman–Crippen MR) is 81.9 cm³/mol. The Labute approximate surface area is 134 Å². The average molecular weight is 325 g/mol. The average Bonchev–Trinajstić information content (AvgIpc) is 3.34. The second kappa shape index (κ2) is 6.17. The van der Waals surface area contributed by atoms with Crippen LogP contribution >= 0.6 is 0 Å². The van der Waals surface area contributed by atoms with Gasteiger partial charge in [0.25, 0.3) is 0 Å². The van der Waals surface area contributed by atoms with E-state index in [0.717, 1.165) is 38.3 Å². The maximum Gasteiger partial charge on any atom is 0.416 e. The molecule has 0 radical (unpaired) electrons. The van der Waals surface area contributed by atoms with Crippen LogP contribution in [0.4, 0.5) is 13.2 Å². The fourth-order valence-corrected chi connectivity index (χ4v) is 3.82. The van der Waals surface area contributed by atoms with Crippen LogP contribution in [-0.2, 0) is 11.0 Å². The number of amides is 1. The maximum atomic E-state index is 13.1. The number of alkyl halides is 3. The van der Waals surface area contributed by atoms with Gasteiger partial charge in [0.1, 0.15) is 0 Å². The van der Waals surface area contributed by atoms with Crippen molar-refractivity contribution in [3.8, 4) is 0 Å². The van der Waals surface area contributed by atoms with Gasteiger partial charge in [-0.1, -0.05) is 25.1 Å². The molecule has 1 aromatic rings. The number of carbonyl (C=O) groups is 1. The fourth-order valence-electron chi connectivity index (χ4n) is 3.82. The van der Waals surface area contributed by atoms with Gasteiger partial charge in [-0.15, -0.1) is 0 Å². The highest BCUT2D eigenvalue weighted by molar-refractivity contribution is 5.83. The zero-order chi connectivity index (χ0) is 16.6. The molecule has 1 aliphatic carbocycles. The minimum absolute atomic E-state index is 0.0542. The smallest absolute Gasteiger partial charge is 0.339 e. The number of carbonyl (C=O) groups excluding carboxylic acids is 1. The molecule has 3 atom stereocenters. The van der Waals surface area contributed by atoms with Gasteiger partial charge in [-0.3, -0.25) is 4.79 Å². The van der Waals surface area contributed by atoms with E-state index in [2.05, 4.69) is 6.92 Å². The minimum Gasteiger partial charge on any atom is -0.339 e. The van der Waals surface area contributed by atoms with E-state index in [9.17, 15) is 18.0 Å². The lowest BCUT2D eigenvalue weighted by molar-refractivity contribution is -0.139. The summed E-state index contributed by atoms with van der Waals surface area (Å²) in [7, 11) is 0. The van der Waals surface area contributed by atoms with E-state index in [1.165, 1.54) is 12.1 Å². The molecule has 1 heterocycles. The van der Waals surface area contributed by atoms with Crippen LogP contribution in [0, 0.1) is 5.92 Å². The van der Waals surface area contributed by atoms with Gasteiger partial charge < -0.3 is 4.90 Å². The number of hydrogen-bond acceptors (Lipinski definition) is 1. The molecule has 0 spiro atoms. The Bertz CT molecular complexity index is 584. The van der Waals surface area contributed by atoms with Crippen LogP contribution in [-0.4, -0.2) is 23.4 Å². The molecule has 3 unspecified atom stereocenters. The summed E-state index contributed by atoms with van der Waals surface area (Å²) in [6, 6.07) is 5.93. The molecular formula is C18H22F3NO. The van der Waals surface area contributed by atoms with Crippen LogP contribution in [0.1, 0.15) is 56.1 Å². The van der Waals surface area contributed by atoms with Crippen molar-refractivity contribution >= 4 is 5.91 Å². The normalized spacial score (nSPS) is 27.8. The molecule has 1 saturated heterocycles. The van der Waals surface area contributed by atoms with E-state index in [1.807, 2.05) is 4.90 Å². The van der Waals surface area contributed by atoms with Gasteiger partial charge in [-0.25, -0.2) is 0 Å². The second-order valence-electron chi connectivity index (χ2n) is 6.62. The van der Waals surface area contributed by atoms with E-state index in [0.29, 0.717) is 6.42 Å². The molecule has 126 valence electrons. The first-order valence-electron chi connectivity index (χ1n) is 8.40. The molecular weight excluding hydrogens is 303 g/mol. The van der Waals surface area contributed by atoms with Crippen molar-refractivity contribution in [1.29, 1.82) is 0 Å². The molecule has 0 bridgehead atoms. The third-order valence-corrected chi connectivity index (χ3v) is 5.15. The van der Waals surface area contributed by atoms with Gasteiger partial charge in [-0.05, 0) is 49.7 Å². The van der Waals surface area contributed by atoms with Crippen LogP contribution in [0.2, 0.25) is 0 Å². The molecule has 1 aromatic carbocycles. The molecule has 1 aliphatic heterocycles. The van der Waals surface area contributed by atoms with Crippen molar-refractivity contribution in [3.63, 3.8) is 0 Å². The van der Waals surface area contributed by atoms with Crippen molar-refractivity contribution in [1.82, 2.24) is 4.90 Å². The molecule has 23 heavy (non-hydrogen) atoms. The molecule has 2 nitrogen and oxygen atoms in total. The highest BCUT2D eigenvalue weighted by atomic mass is 19.4. The van der Waals surface area contributed by atoms with E-state index < -0.39 is 11.7 Å². The van der Waals surface area contributed by atoms with Crippen molar-refractivity contribution in [2.24, 2.45) is 5.92 Å². The van der Waals surface area contributed by atoms with Crippen molar-refractivity contribution in [2.45, 2.75) is 57.2 Å². The third kappa shape index (κ3) is 3.24. The predicted octanol–water partition coefficient (Wildman–Crippen LogP) is 4.60. The Balaban J connectivity index is 1.76. The first-order valence-corrected chi connectivity index (χ1v) is 8.40. The highest BCUT2D eigenvalue weighted by Crippen LogP contribution is 2.52. The van der Waals surface area contributed by atoms with E-state index in [1.54, 1.807) is 6.07 Å². The number of nitrogens with zero attached hydrogens (tertiary/aromatic N) is 1. The maximum absolute atomic E-state index is 13.1. The first kappa shape index (κ1) is 16.3. The third-order valence-electron chi connectivity index (χ3n) is 5.15. The summed E-state index contributed by atoms with van der Waals surface area (Å²) in [5.74, 6) is -0.496. The molecule has 3 rings (SSSR count). The summed E-state index contributed by atoms with van der Waals surface area (Å²) in [4.78, 5) is 14.6. The summed E-state index contributed by atoms with van der Waals surface area (Å²) in [5.41, 5.74) is -0.311. The largest absolute Gasteiger partial charge is 0.416 e. The molecule has 0 aromatic heterocycles. The van der Waals surface area contributed by atoms with Crippen molar-refractivity contribution in [2.75, 3.05) is 6.54 Å². The summed E-state index contributed by atoms with van der Waals surface area (Å²) >= 11 is 0. The van der Waals surface area contributed by atoms with Gasteiger partial charge in [0.2, 0.25) is 5.91 Å². The van der Waals surface area contributed by atoms with Crippen LogP contribution < -0.4 is 0 Å². The molecule has 1 saturated carbocycles. The quantitative estimate of drug-likeness (QED) is 0.795. The standard InChI is InChI=1S/C18H22F3NO/c1-2-12-7-5-6-10-22(12)17(23)15-11-14(15)13-8-3-4-9-16(13)18(19,20)21/h3-4,8-9,12,14-15H,2,5-7,10-11H2,1H3. The summed E-state index contributed by atoms with van der Waals surface area (Å²) in [6.45, 7) is 2.82. The lowest BCUT2D eigenvalue weighted by Crippen LogP contribution is -2.44. The summed E-state index contributed by atoms with van der Waals surface area (Å²) in [6.07, 6.45) is 0.246. The molecule has 5 heteroatoms. The Kier molecular flexibility index (Phi) is 4.39. The zero-order valence-electron chi connectivity index (χ0n) is 13.3. The minimum atomic E-state index is -4.36.